The maximum atomic E-state index is 5.90. The van der Waals surface area contributed by atoms with Crippen molar-refractivity contribution in [3.05, 3.63) is 17.6 Å². The van der Waals surface area contributed by atoms with Gasteiger partial charge in [-0.05, 0) is 39.0 Å². The van der Waals surface area contributed by atoms with Gasteiger partial charge in [0.1, 0.15) is 12.1 Å². The SMILES string of the molecule is Cc1nc2ncnn2c(N[C@H]2CCO[C@@H](CC(C)C)C2)c1C. The molecule has 1 aliphatic rings. The highest BCUT2D eigenvalue weighted by molar-refractivity contribution is 5.52. The van der Waals surface area contributed by atoms with E-state index in [-0.39, 0.29) is 0 Å². The van der Waals surface area contributed by atoms with Gasteiger partial charge in [-0.15, -0.1) is 0 Å². The zero-order chi connectivity index (χ0) is 15.7. The first-order chi connectivity index (χ1) is 10.5. The van der Waals surface area contributed by atoms with Gasteiger partial charge in [0.15, 0.2) is 0 Å². The molecule has 1 saturated heterocycles. The van der Waals surface area contributed by atoms with E-state index in [1.165, 1.54) is 0 Å². The van der Waals surface area contributed by atoms with Crippen molar-refractivity contribution in [3.63, 3.8) is 0 Å². The number of aromatic nitrogens is 4. The molecule has 2 atom stereocenters. The molecule has 120 valence electrons. The Balaban J connectivity index is 1.80. The average Bonchev–Trinajstić information content (AvgIpc) is 2.91. The normalized spacial score (nSPS) is 22.4. The van der Waals surface area contributed by atoms with E-state index in [1.54, 1.807) is 10.8 Å². The molecule has 3 rings (SSSR count). The summed E-state index contributed by atoms with van der Waals surface area (Å²) in [6.45, 7) is 9.40. The van der Waals surface area contributed by atoms with Crippen LogP contribution in [0.2, 0.25) is 0 Å². The smallest absolute Gasteiger partial charge is 0.254 e. The van der Waals surface area contributed by atoms with Gasteiger partial charge in [0.2, 0.25) is 0 Å². The number of aryl methyl sites for hydroxylation is 1. The molecular weight excluding hydrogens is 278 g/mol. The summed E-state index contributed by atoms with van der Waals surface area (Å²) in [5.41, 5.74) is 2.12. The van der Waals surface area contributed by atoms with Crippen molar-refractivity contribution in [2.75, 3.05) is 11.9 Å². The molecule has 6 nitrogen and oxygen atoms in total. The molecule has 6 heteroatoms. The predicted octanol–water partition coefficient (Wildman–Crippen LogP) is 2.75. The van der Waals surface area contributed by atoms with Crippen LogP contribution in [0.15, 0.2) is 6.33 Å². The van der Waals surface area contributed by atoms with Gasteiger partial charge >= 0.3 is 0 Å². The first kappa shape index (κ1) is 15.2. The summed E-state index contributed by atoms with van der Waals surface area (Å²) in [7, 11) is 0. The molecule has 3 heterocycles. The van der Waals surface area contributed by atoms with E-state index in [4.69, 9.17) is 4.74 Å². The molecular formula is C16H25N5O. The highest BCUT2D eigenvalue weighted by Gasteiger charge is 2.24. The fourth-order valence-corrected chi connectivity index (χ4v) is 3.10. The fourth-order valence-electron chi connectivity index (χ4n) is 3.10. The Morgan fingerprint density at radius 1 is 1.41 bits per heavy atom. The van der Waals surface area contributed by atoms with Crippen LogP contribution in [0.4, 0.5) is 5.82 Å². The summed E-state index contributed by atoms with van der Waals surface area (Å²) in [4.78, 5) is 8.67. The van der Waals surface area contributed by atoms with Crippen molar-refractivity contribution in [1.29, 1.82) is 0 Å². The quantitative estimate of drug-likeness (QED) is 0.941. The molecule has 2 aromatic rings. The number of hydrogen-bond acceptors (Lipinski definition) is 5. The van der Waals surface area contributed by atoms with Crippen molar-refractivity contribution in [2.24, 2.45) is 5.92 Å². The summed E-state index contributed by atoms with van der Waals surface area (Å²) in [5.74, 6) is 2.32. The van der Waals surface area contributed by atoms with Crippen molar-refractivity contribution >= 4 is 11.6 Å². The van der Waals surface area contributed by atoms with E-state index in [1.807, 2.05) is 6.92 Å². The number of hydrogen-bond donors (Lipinski definition) is 1. The van der Waals surface area contributed by atoms with Crippen LogP contribution < -0.4 is 5.32 Å². The molecule has 0 aromatic carbocycles. The molecule has 0 saturated carbocycles. The van der Waals surface area contributed by atoms with Gasteiger partial charge < -0.3 is 10.1 Å². The first-order valence-electron chi connectivity index (χ1n) is 8.09. The summed E-state index contributed by atoms with van der Waals surface area (Å²) in [6, 6.07) is 0.408. The molecule has 1 fully saturated rings. The lowest BCUT2D eigenvalue weighted by molar-refractivity contribution is -0.000613. The van der Waals surface area contributed by atoms with E-state index in [0.29, 0.717) is 23.8 Å². The highest BCUT2D eigenvalue weighted by Crippen LogP contribution is 2.25. The molecule has 1 aliphatic heterocycles. The number of rotatable bonds is 4. The largest absolute Gasteiger partial charge is 0.378 e. The Labute approximate surface area is 131 Å². The summed E-state index contributed by atoms with van der Waals surface area (Å²) in [6.07, 6.45) is 5.07. The van der Waals surface area contributed by atoms with Gasteiger partial charge in [0, 0.05) is 23.9 Å². The molecule has 0 amide bonds. The van der Waals surface area contributed by atoms with Gasteiger partial charge in [0.05, 0.1) is 6.10 Å². The number of nitrogens with zero attached hydrogens (tertiary/aromatic N) is 4. The lowest BCUT2D eigenvalue weighted by Crippen LogP contribution is -2.35. The highest BCUT2D eigenvalue weighted by atomic mass is 16.5. The molecule has 0 radical (unpaired) electrons. The molecule has 1 N–H and O–H groups in total. The van der Waals surface area contributed by atoms with E-state index >= 15 is 0 Å². The average molecular weight is 303 g/mol. The topological polar surface area (TPSA) is 64.3 Å². The second-order valence-electron chi connectivity index (χ2n) is 6.63. The third kappa shape index (κ3) is 3.06. The van der Waals surface area contributed by atoms with Gasteiger partial charge in [-0.2, -0.15) is 14.6 Å². The molecule has 0 bridgehead atoms. The molecule has 0 aliphatic carbocycles. The molecule has 2 aromatic heterocycles. The van der Waals surface area contributed by atoms with E-state index in [2.05, 4.69) is 41.2 Å². The van der Waals surface area contributed by atoms with E-state index in [0.717, 1.165) is 42.9 Å². The number of fused-ring (bicyclic) bond motifs is 1. The maximum absolute atomic E-state index is 5.90. The van der Waals surface area contributed by atoms with Gasteiger partial charge in [-0.3, -0.25) is 0 Å². The van der Waals surface area contributed by atoms with Gasteiger partial charge in [-0.25, -0.2) is 4.98 Å². The van der Waals surface area contributed by atoms with Crippen LogP contribution in [-0.4, -0.2) is 38.3 Å². The molecule has 0 unspecified atom stereocenters. The van der Waals surface area contributed by atoms with Crippen molar-refractivity contribution in [2.45, 2.75) is 59.1 Å². The zero-order valence-corrected chi connectivity index (χ0v) is 13.8. The third-order valence-corrected chi connectivity index (χ3v) is 4.35. The fraction of sp³-hybridized carbons (Fsp3) is 0.688. The summed E-state index contributed by atoms with van der Waals surface area (Å²) >= 11 is 0. The third-order valence-electron chi connectivity index (χ3n) is 4.35. The minimum absolute atomic E-state index is 0.348. The molecule has 22 heavy (non-hydrogen) atoms. The first-order valence-corrected chi connectivity index (χ1v) is 8.09. The van der Waals surface area contributed by atoms with Crippen molar-refractivity contribution < 1.29 is 4.74 Å². The lowest BCUT2D eigenvalue weighted by Gasteiger charge is -2.32. The molecule has 0 spiro atoms. The minimum Gasteiger partial charge on any atom is -0.378 e. The summed E-state index contributed by atoms with van der Waals surface area (Å²) < 4.78 is 7.70. The number of anilines is 1. The van der Waals surface area contributed by atoms with Crippen LogP contribution in [0.1, 0.15) is 44.4 Å². The van der Waals surface area contributed by atoms with Crippen LogP contribution in [0.25, 0.3) is 5.78 Å². The van der Waals surface area contributed by atoms with Crippen molar-refractivity contribution in [1.82, 2.24) is 19.6 Å². The van der Waals surface area contributed by atoms with E-state index in [9.17, 15) is 0 Å². The van der Waals surface area contributed by atoms with Gasteiger partial charge in [0.25, 0.3) is 5.78 Å². The lowest BCUT2D eigenvalue weighted by atomic mass is 9.96. The van der Waals surface area contributed by atoms with Crippen LogP contribution in [0, 0.1) is 19.8 Å². The van der Waals surface area contributed by atoms with Crippen LogP contribution >= 0.6 is 0 Å². The van der Waals surface area contributed by atoms with Gasteiger partial charge in [-0.1, -0.05) is 13.8 Å². The Morgan fingerprint density at radius 3 is 3.00 bits per heavy atom. The van der Waals surface area contributed by atoms with Crippen LogP contribution in [0.3, 0.4) is 0 Å². The van der Waals surface area contributed by atoms with Crippen LogP contribution in [-0.2, 0) is 4.74 Å². The zero-order valence-electron chi connectivity index (χ0n) is 13.8. The number of ether oxygens (including phenoxy) is 1. The Bertz CT molecular complexity index is 651. The number of nitrogens with one attached hydrogen (secondary N) is 1. The second-order valence-corrected chi connectivity index (χ2v) is 6.63. The Morgan fingerprint density at radius 2 is 2.23 bits per heavy atom. The van der Waals surface area contributed by atoms with Crippen molar-refractivity contribution in [3.8, 4) is 0 Å². The summed E-state index contributed by atoms with van der Waals surface area (Å²) in [5, 5.41) is 7.97. The minimum atomic E-state index is 0.348. The van der Waals surface area contributed by atoms with E-state index < -0.39 is 0 Å². The maximum Gasteiger partial charge on any atom is 0.254 e. The second kappa shape index (κ2) is 6.20. The predicted molar refractivity (Wildman–Crippen MR) is 86.1 cm³/mol. The standard InChI is InChI=1S/C16H25N5O/c1-10(2)7-14-8-13(5-6-22-14)20-15-11(3)12(4)19-16-17-9-18-21(15)16/h9-10,13-14,20H,5-8H2,1-4H3/t13-,14-/m0/s1. The Kier molecular flexibility index (Phi) is 4.29. The monoisotopic (exact) mass is 303 g/mol. The van der Waals surface area contributed by atoms with Crippen LogP contribution in [0.5, 0.6) is 0 Å². The Hall–Kier alpha value is -1.69.